The molecule has 12 heteroatoms. The molecule has 0 radical (unpaired) electrons. The van der Waals surface area contributed by atoms with Crippen molar-refractivity contribution in [2.45, 2.75) is 50.2 Å². The average Bonchev–Trinajstić information content (AvgIpc) is 2.82. The Morgan fingerprint density at radius 2 is 1.89 bits per heavy atom. The quantitative estimate of drug-likeness (QED) is 0.304. The van der Waals surface area contributed by atoms with Crippen molar-refractivity contribution in [1.82, 2.24) is 15.5 Å². The Kier molecular flexibility index (Phi) is 10.8. The molecular weight excluding hydrogens is 476 g/mol. The van der Waals surface area contributed by atoms with Crippen LogP contribution in [0.3, 0.4) is 0 Å². The van der Waals surface area contributed by atoms with Crippen molar-refractivity contribution in [1.29, 1.82) is 0 Å². The number of methoxy groups -OCH3 is 1. The van der Waals surface area contributed by atoms with Gasteiger partial charge in [0.25, 0.3) is 0 Å². The number of benzene rings is 1. The molecule has 0 spiro atoms. The van der Waals surface area contributed by atoms with E-state index in [4.69, 9.17) is 15.6 Å². The molecule has 4 amide bonds. The topological polar surface area (TPSA) is 168 Å². The predicted octanol–water partition coefficient (Wildman–Crippen LogP) is -0.0886. The van der Waals surface area contributed by atoms with E-state index in [-0.39, 0.29) is 49.9 Å². The number of likely N-dealkylation sites (tertiary alicyclic amines) is 1. The SMILES string of the molecule is COc1ccc(CC(NC(=O)C2CC(NC(=O)CSC)CCN2C(=O)CCC(=O)O)C(N)=O)cc1. The number of piperidine rings is 1. The minimum atomic E-state index is -1.12. The molecule has 0 bridgehead atoms. The van der Waals surface area contributed by atoms with E-state index in [1.807, 2.05) is 0 Å². The number of thioether (sulfide) groups is 1. The molecule has 1 aliphatic rings. The lowest BCUT2D eigenvalue weighted by atomic mass is 9.95. The van der Waals surface area contributed by atoms with Gasteiger partial charge < -0.3 is 31.1 Å². The molecule has 0 aliphatic carbocycles. The van der Waals surface area contributed by atoms with Crippen molar-refractivity contribution in [3.63, 3.8) is 0 Å². The van der Waals surface area contributed by atoms with Crippen molar-refractivity contribution < 1.29 is 33.8 Å². The second-order valence-electron chi connectivity index (χ2n) is 8.23. The zero-order chi connectivity index (χ0) is 26.0. The Bertz CT molecular complexity index is 925. The molecule has 11 nitrogen and oxygen atoms in total. The highest BCUT2D eigenvalue weighted by atomic mass is 32.2. The van der Waals surface area contributed by atoms with Gasteiger partial charge in [-0.3, -0.25) is 24.0 Å². The fraction of sp³-hybridized carbons (Fsp3) is 0.522. The number of hydrogen-bond donors (Lipinski definition) is 4. The molecule has 192 valence electrons. The average molecular weight is 509 g/mol. The van der Waals surface area contributed by atoms with Gasteiger partial charge in [0.1, 0.15) is 17.8 Å². The van der Waals surface area contributed by atoms with Crippen molar-refractivity contribution in [2.24, 2.45) is 5.73 Å². The number of carboxylic acid groups (broad SMARTS) is 1. The van der Waals surface area contributed by atoms with Crippen LogP contribution in [0.15, 0.2) is 24.3 Å². The maximum absolute atomic E-state index is 13.2. The van der Waals surface area contributed by atoms with E-state index >= 15 is 0 Å². The molecule has 1 heterocycles. The van der Waals surface area contributed by atoms with E-state index in [9.17, 15) is 24.0 Å². The third-order valence-corrected chi connectivity index (χ3v) is 6.23. The largest absolute Gasteiger partial charge is 0.497 e. The normalized spacial score (nSPS) is 18.3. The molecule has 3 atom stereocenters. The Morgan fingerprint density at radius 3 is 2.46 bits per heavy atom. The number of hydrogen-bond acceptors (Lipinski definition) is 7. The first kappa shape index (κ1) is 28.0. The van der Waals surface area contributed by atoms with E-state index in [0.29, 0.717) is 12.2 Å². The van der Waals surface area contributed by atoms with Gasteiger partial charge in [0, 0.05) is 25.4 Å². The molecule has 1 aromatic carbocycles. The van der Waals surface area contributed by atoms with Gasteiger partial charge in [-0.1, -0.05) is 12.1 Å². The number of nitrogens with two attached hydrogens (primary N) is 1. The fourth-order valence-electron chi connectivity index (χ4n) is 3.89. The first-order valence-electron chi connectivity index (χ1n) is 11.2. The Hall–Kier alpha value is -3.28. The number of amides is 4. The smallest absolute Gasteiger partial charge is 0.303 e. The third-order valence-electron chi connectivity index (χ3n) is 5.68. The van der Waals surface area contributed by atoms with E-state index < -0.39 is 35.8 Å². The lowest BCUT2D eigenvalue weighted by Crippen LogP contribution is -2.60. The molecule has 1 aromatic rings. The number of carbonyl (C=O) groups excluding carboxylic acids is 4. The van der Waals surface area contributed by atoms with E-state index in [2.05, 4.69) is 10.6 Å². The summed E-state index contributed by atoms with van der Waals surface area (Å²) in [5.74, 6) is -2.20. The van der Waals surface area contributed by atoms with Crippen LogP contribution in [0.1, 0.15) is 31.2 Å². The Morgan fingerprint density at radius 1 is 1.20 bits per heavy atom. The molecule has 5 N–H and O–H groups in total. The molecule has 1 saturated heterocycles. The summed E-state index contributed by atoms with van der Waals surface area (Å²) in [4.78, 5) is 62.3. The maximum Gasteiger partial charge on any atom is 0.303 e. The Labute approximate surface area is 208 Å². The second-order valence-corrected chi connectivity index (χ2v) is 9.10. The maximum atomic E-state index is 13.2. The molecular formula is C23H32N4O7S. The number of nitrogens with zero attached hydrogens (tertiary/aromatic N) is 1. The van der Waals surface area contributed by atoms with E-state index in [1.54, 1.807) is 30.5 Å². The van der Waals surface area contributed by atoms with Crippen LogP contribution >= 0.6 is 11.8 Å². The van der Waals surface area contributed by atoms with Crippen molar-refractivity contribution >= 4 is 41.4 Å². The zero-order valence-corrected chi connectivity index (χ0v) is 20.6. The van der Waals surface area contributed by atoms with Crippen molar-refractivity contribution in [3.8, 4) is 5.75 Å². The van der Waals surface area contributed by atoms with Gasteiger partial charge in [-0.2, -0.15) is 11.8 Å². The van der Waals surface area contributed by atoms with Crippen LogP contribution in [0.25, 0.3) is 0 Å². The highest BCUT2D eigenvalue weighted by Gasteiger charge is 2.37. The number of nitrogens with one attached hydrogen (secondary N) is 2. The fourth-order valence-corrected chi connectivity index (χ4v) is 4.23. The number of rotatable bonds is 12. The summed E-state index contributed by atoms with van der Waals surface area (Å²) in [6.45, 7) is 0.167. The van der Waals surface area contributed by atoms with Gasteiger partial charge in [-0.05, 0) is 36.8 Å². The van der Waals surface area contributed by atoms with Crippen LogP contribution < -0.4 is 21.1 Å². The summed E-state index contributed by atoms with van der Waals surface area (Å²) in [5, 5.41) is 14.4. The number of carboxylic acids is 1. The molecule has 0 aromatic heterocycles. The number of ether oxygens (including phenoxy) is 1. The van der Waals surface area contributed by atoms with Gasteiger partial charge in [0.05, 0.1) is 19.3 Å². The lowest BCUT2D eigenvalue weighted by molar-refractivity contribution is -0.146. The van der Waals surface area contributed by atoms with E-state index in [1.165, 1.54) is 23.8 Å². The summed E-state index contributed by atoms with van der Waals surface area (Å²) in [6, 6.07) is 4.59. The molecule has 1 fully saturated rings. The minimum absolute atomic E-state index is 0.138. The van der Waals surface area contributed by atoms with Crippen LogP contribution in [-0.2, 0) is 30.4 Å². The van der Waals surface area contributed by atoms with Gasteiger partial charge in [0.2, 0.25) is 23.6 Å². The van der Waals surface area contributed by atoms with Gasteiger partial charge in [0.15, 0.2) is 0 Å². The molecule has 1 aliphatic heterocycles. The molecule has 2 rings (SSSR count). The van der Waals surface area contributed by atoms with Crippen LogP contribution in [0.4, 0.5) is 0 Å². The molecule has 35 heavy (non-hydrogen) atoms. The highest BCUT2D eigenvalue weighted by Crippen LogP contribution is 2.21. The number of carbonyl (C=O) groups is 5. The number of aliphatic carboxylic acids is 1. The number of primary amides is 1. The summed E-state index contributed by atoms with van der Waals surface area (Å²) < 4.78 is 5.12. The van der Waals surface area contributed by atoms with Crippen LogP contribution in [0.5, 0.6) is 5.75 Å². The summed E-state index contributed by atoms with van der Waals surface area (Å²) in [7, 11) is 1.53. The van der Waals surface area contributed by atoms with Crippen LogP contribution in [0, 0.1) is 0 Å². The van der Waals surface area contributed by atoms with Crippen LogP contribution in [-0.4, -0.2) is 83.4 Å². The van der Waals surface area contributed by atoms with Crippen LogP contribution in [0.2, 0.25) is 0 Å². The first-order valence-corrected chi connectivity index (χ1v) is 12.6. The monoisotopic (exact) mass is 508 g/mol. The van der Waals surface area contributed by atoms with Crippen molar-refractivity contribution in [3.05, 3.63) is 29.8 Å². The summed E-state index contributed by atoms with van der Waals surface area (Å²) >= 11 is 1.36. The van der Waals surface area contributed by atoms with Gasteiger partial charge >= 0.3 is 5.97 Å². The predicted molar refractivity (Wildman–Crippen MR) is 130 cm³/mol. The first-order chi connectivity index (χ1) is 16.6. The van der Waals surface area contributed by atoms with Gasteiger partial charge in [-0.15, -0.1) is 0 Å². The highest BCUT2D eigenvalue weighted by molar-refractivity contribution is 7.99. The van der Waals surface area contributed by atoms with Crippen molar-refractivity contribution in [2.75, 3.05) is 25.7 Å². The summed E-state index contributed by atoms with van der Waals surface area (Å²) in [6.07, 6.45) is 1.88. The summed E-state index contributed by atoms with van der Waals surface area (Å²) in [5.41, 5.74) is 6.28. The molecule has 3 unspecified atom stereocenters. The minimum Gasteiger partial charge on any atom is -0.497 e. The standard InChI is InChI=1S/C23H32N4O7S/c1-34-16-5-3-14(4-6-16)11-17(22(24)32)26-23(33)18-12-15(25-19(28)13-35-2)9-10-27(18)20(29)7-8-21(30)31/h3-6,15,17-18H,7-13H2,1-2H3,(H2,24,32)(H,25,28)(H,26,33)(H,30,31). The zero-order valence-electron chi connectivity index (χ0n) is 19.8. The Balaban J connectivity index is 2.16. The lowest BCUT2D eigenvalue weighted by Gasteiger charge is -2.39. The van der Waals surface area contributed by atoms with E-state index in [0.717, 1.165) is 5.56 Å². The van der Waals surface area contributed by atoms with Gasteiger partial charge in [-0.25, -0.2) is 0 Å². The molecule has 0 saturated carbocycles. The third kappa shape index (κ3) is 8.78. The second kappa shape index (κ2) is 13.6.